The third-order valence-electron chi connectivity index (χ3n) is 4.38. The van der Waals surface area contributed by atoms with E-state index in [2.05, 4.69) is 10.2 Å². The molecule has 1 unspecified atom stereocenters. The third-order valence-corrected chi connectivity index (χ3v) is 6.34. The summed E-state index contributed by atoms with van der Waals surface area (Å²) >= 11 is 0. The van der Waals surface area contributed by atoms with Crippen molar-refractivity contribution in [1.29, 1.82) is 0 Å². The van der Waals surface area contributed by atoms with E-state index in [9.17, 15) is 21.6 Å². The highest BCUT2D eigenvalue weighted by Gasteiger charge is 2.35. The Hall–Kier alpha value is -0.870. The molecule has 136 valence electrons. The molecule has 0 amide bonds. The van der Waals surface area contributed by atoms with Gasteiger partial charge in [-0.1, -0.05) is 0 Å². The number of benzene rings is 1. The van der Waals surface area contributed by atoms with Crippen molar-refractivity contribution >= 4 is 22.4 Å². The zero-order valence-electron chi connectivity index (χ0n) is 12.8. The van der Waals surface area contributed by atoms with E-state index in [1.807, 2.05) is 0 Å². The van der Waals surface area contributed by atoms with Gasteiger partial charge in [-0.2, -0.15) is 4.31 Å². The van der Waals surface area contributed by atoms with Crippen molar-refractivity contribution in [2.75, 3.05) is 39.3 Å². The number of halogens is 4. The molecule has 1 atom stereocenters. The first-order chi connectivity index (χ1) is 10.9. The molecule has 0 aromatic heterocycles. The number of sulfonamides is 1. The zero-order valence-corrected chi connectivity index (χ0v) is 14.5. The van der Waals surface area contributed by atoms with E-state index in [1.54, 1.807) is 0 Å². The van der Waals surface area contributed by atoms with Gasteiger partial charge in [0.05, 0.1) is 0 Å². The van der Waals surface area contributed by atoms with Crippen LogP contribution in [0.1, 0.15) is 6.42 Å². The maximum Gasteiger partial charge on any atom is 0.249 e. The molecule has 1 N–H and O–H groups in total. The Kier molecular flexibility index (Phi) is 6.14. The van der Waals surface area contributed by atoms with E-state index >= 15 is 0 Å². The monoisotopic (exact) mass is 385 g/mol. The summed E-state index contributed by atoms with van der Waals surface area (Å²) in [5.41, 5.74) is 0. The van der Waals surface area contributed by atoms with E-state index in [0.29, 0.717) is 31.3 Å². The maximum atomic E-state index is 13.8. The van der Waals surface area contributed by atoms with Crippen LogP contribution >= 0.6 is 12.4 Å². The molecule has 5 nitrogen and oxygen atoms in total. The standard InChI is InChI=1S/C14H18F3N3O2S.ClH/c15-10-7-12(16)14(13(17)8-10)23(21,22)20-5-3-19(4-6-20)11-1-2-18-9-11;/h7-8,11,18H,1-6,9H2;1H. The minimum absolute atomic E-state index is 0. The summed E-state index contributed by atoms with van der Waals surface area (Å²) in [5.74, 6) is -3.94. The summed E-state index contributed by atoms with van der Waals surface area (Å²) in [7, 11) is -4.31. The number of hydrogen-bond donors (Lipinski definition) is 1. The van der Waals surface area contributed by atoms with E-state index in [1.165, 1.54) is 0 Å². The van der Waals surface area contributed by atoms with Crippen LogP contribution in [0.2, 0.25) is 0 Å². The lowest BCUT2D eigenvalue weighted by atomic mass is 10.2. The van der Waals surface area contributed by atoms with Gasteiger partial charge in [-0.05, 0) is 13.0 Å². The van der Waals surface area contributed by atoms with Crippen molar-refractivity contribution in [2.45, 2.75) is 17.4 Å². The first-order valence-corrected chi connectivity index (χ1v) is 8.93. The Labute approximate surface area is 145 Å². The van der Waals surface area contributed by atoms with Gasteiger partial charge in [-0.25, -0.2) is 21.6 Å². The SMILES string of the molecule is Cl.O=S(=O)(c1c(F)cc(F)cc1F)N1CCN(C2CCNC2)CC1. The van der Waals surface area contributed by atoms with Gasteiger partial charge in [0.1, 0.15) is 17.5 Å². The van der Waals surface area contributed by atoms with E-state index in [-0.39, 0.29) is 25.5 Å². The Morgan fingerprint density at radius 1 is 1.04 bits per heavy atom. The van der Waals surface area contributed by atoms with Crippen molar-refractivity contribution in [3.8, 4) is 0 Å². The fraction of sp³-hybridized carbons (Fsp3) is 0.571. The molecule has 3 rings (SSSR count). The molecule has 0 radical (unpaired) electrons. The quantitative estimate of drug-likeness (QED) is 0.849. The largest absolute Gasteiger partial charge is 0.315 e. The summed E-state index contributed by atoms with van der Waals surface area (Å²) < 4.78 is 66.5. The summed E-state index contributed by atoms with van der Waals surface area (Å²) in [5, 5.41) is 3.25. The molecule has 0 saturated carbocycles. The second-order valence-electron chi connectivity index (χ2n) is 5.79. The average molecular weight is 386 g/mol. The van der Waals surface area contributed by atoms with E-state index in [4.69, 9.17) is 0 Å². The Morgan fingerprint density at radius 2 is 1.62 bits per heavy atom. The predicted octanol–water partition coefficient (Wildman–Crippen LogP) is 1.19. The lowest BCUT2D eigenvalue weighted by Gasteiger charge is -2.37. The van der Waals surface area contributed by atoms with Crippen LogP contribution in [0, 0.1) is 17.5 Å². The van der Waals surface area contributed by atoms with Gasteiger partial charge in [-0.15, -0.1) is 12.4 Å². The second-order valence-corrected chi connectivity index (χ2v) is 7.66. The molecule has 2 heterocycles. The normalized spacial score (nSPS) is 23.2. The van der Waals surface area contributed by atoms with Gasteiger partial charge in [0.15, 0.2) is 4.90 Å². The molecular formula is C14H19ClF3N3O2S. The predicted molar refractivity (Wildman–Crippen MR) is 85.2 cm³/mol. The van der Waals surface area contributed by atoms with Crippen LogP contribution < -0.4 is 5.32 Å². The van der Waals surface area contributed by atoms with Crippen LogP contribution in [0.25, 0.3) is 0 Å². The van der Waals surface area contributed by atoms with Gasteiger partial charge in [0, 0.05) is 50.9 Å². The van der Waals surface area contributed by atoms with Crippen LogP contribution in [0.15, 0.2) is 17.0 Å². The van der Waals surface area contributed by atoms with Gasteiger partial charge in [-0.3, -0.25) is 4.90 Å². The summed E-state index contributed by atoms with van der Waals surface area (Å²) in [6, 6.07) is 1.14. The number of nitrogens with zero attached hydrogens (tertiary/aromatic N) is 2. The van der Waals surface area contributed by atoms with E-state index < -0.39 is 32.4 Å². The van der Waals surface area contributed by atoms with Crippen molar-refractivity contribution in [2.24, 2.45) is 0 Å². The highest BCUT2D eigenvalue weighted by atomic mass is 35.5. The molecule has 10 heteroatoms. The van der Waals surface area contributed by atoms with E-state index in [0.717, 1.165) is 23.8 Å². The maximum absolute atomic E-state index is 13.8. The lowest BCUT2D eigenvalue weighted by Crippen LogP contribution is -2.52. The topological polar surface area (TPSA) is 52.7 Å². The van der Waals surface area contributed by atoms with Crippen LogP contribution in [-0.4, -0.2) is 62.9 Å². The molecule has 2 aliphatic rings. The van der Waals surface area contributed by atoms with Crippen molar-refractivity contribution < 1.29 is 21.6 Å². The molecule has 2 saturated heterocycles. The summed E-state index contributed by atoms with van der Waals surface area (Å²) in [4.78, 5) is 1.11. The Morgan fingerprint density at radius 3 is 2.12 bits per heavy atom. The van der Waals surface area contributed by atoms with Crippen molar-refractivity contribution in [3.63, 3.8) is 0 Å². The minimum Gasteiger partial charge on any atom is -0.315 e. The van der Waals surface area contributed by atoms with Gasteiger partial charge < -0.3 is 5.32 Å². The van der Waals surface area contributed by atoms with Crippen molar-refractivity contribution in [1.82, 2.24) is 14.5 Å². The average Bonchev–Trinajstić information content (AvgIpc) is 3.00. The number of rotatable bonds is 3. The van der Waals surface area contributed by atoms with Gasteiger partial charge in [0.2, 0.25) is 10.0 Å². The number of nitrogens with one attached hydrogen (secondary N) is 1. The molecule has 0 aliphatic carbocycles. The van der Waals surface area contributed by atoms with Crippen LogP contribution in [0.4, 0.5) is 13.2 Å². The summed E-state index contributed by atoms with van der Waals surface area (Å²) in [6.45, 7) is 3.15. The van der Waals surface area contributed by atoms with Crippen LogP contribution in [0.3, 0.4) is 0 Å². The Balaban J connectivity index is 0.00000208. The highest BCUT2D eigenvalue weighted by Crippen LogP contribution is 2.25. The van der Waals surface area contributed by atoms with Crippen LogP contribution in [-0.2, 0) is 10.0 Å². The van der Waals surface area contributed by atoms with Crippen molar-refractivity contribution in [3.05, 3.63) is 29.6 Å². The lowest BCUT2D eigenvalue weighted by molar-refractivity contribution is 0.145. The van der Waals surface area contributed by atoms with Crippen LogP contribution in [0.5, 0.6) is 0 Å². The number of hydrogen-bond acceptors (Lipinski definition) is 4. The molecule has 24 heavy (non-hydrogen) atoms. The fourth-order valence-electron chi connectivity index (χ4n) is 3.16. The Bertz CT molecular complexity index is 668. The molecule has 1 aromatic rings. The molecular weight excluding hydrogens is 367 g/mol. The van der Waals surface area contributed by atoms with Gasteiger partial charge >= 0.3 is 0 Å². The second kappa shape index (κ2) is 7.57. The molecule has 2 aliphatic heterocycles. The summed E-state index contributed by atoms with van der Waals surface area (Å²) in [6.07, 6.45) is 1.01. The first-order valence-electron chi connectivity index (χ1n) is 7.49. The van der Waals surface area contributed by atoms with Gasteiger partial charge in [0.25, 0.3) is 0 Å². The molecule has 1 aromatic carbocycles. The fourth-order valence-corrected chi connectivity index (χ4v) is 4.68. The number of piperazine rings is 1. The molecule has 2 fully saturated rings. The molecule has 0 bridgehead atoms. The zero-order chi connectivity index (χ0) is 16.6. The highest BCUT2D eigenvalue weighted by molar-refractivity contribution is 7.89. The third kappa shape index (κ3) is 3.70. The first kappa shape index (κ1) is 19.5. The smallest absolute Gasteiger partial charge is 0.249 e. The molecule has 0 spiro atoms. The minimum atomic E-state index is -4.31.